The Labute approximate surface area is 108 Å². The molecule has 0 aromatic rings. The lowest BCUT2D eigenvalue weighted by Gasteiger charge is -2.40. The van der Waals surface area contributed by atoms with Crippen LogP contribution >= 0.6 is 0 Å². The van der Waals surface area contributed by atoms with Crippen LogP contribution in [0.25, 0.3) is 0 Å². The first-order valence-electron chi connectivity index (χ1n) is 6.86. The van der Waals surface area contributed by atoms with Gasteiger partial charge in [-0.25, -0.2) is 4.79 Å². The Kier molecular flexibility index (Phi) is 4.42. The number of carbonyl (C=O) groups is 1. The summed E-state index contributed by atoms with van der Waals surface area (Å²) in [4.78, 5) is 13.6. The van der Waals surface area contributed by atoms with Crippen molar-refractivity contribution in [2.75, 3.05) is 6.54 Å². The molecule has 0 bridgehead atoms. The second-order valence-electron chi connectivity index (χ2n) is 4.98. The van der Waals surface area contributed by atoms with Gasteiger partial charge in [0.1, 0.15) is 6.17 Å². The van der Waals surface area contributed by atoms with E-state index in [9.17, 15) is 9.90 Å². The first kappa shape index (κ1) is 13.1. The molecule has 18 heavy (non-hydrogen) atoms. The summed E-state index contributed by atoms with van der Waals surface area (Å²) in [5.41, 5.74) is 0.449. The molecule has 1 aliphatic heterocycles. The standard InChI is InChI=1S/C14H22N2O2/c1-2-16(11-7-4-3-5-8-11)13-12(14(17)18)9-6-10-15-13/h6,9-11,13,15H,2-5,7-8H2,1H3,(H,17,18). The molecule has 0 aromatic carbocycles. The fourth-order valence-corrected chi connectivity index (χ4v) is 3.01. The van der Waals surface area contributed by atoms with Crippen LogP contribution < -0.4 is 5.32 Å². The maximum Gasteiger partial charge on any atom is 0.335 e. The number of nitrogens with one attached hydrogen (secondary N) is 1. The van der Waals surface area contributed by atoms with E-state index in [4.69, 9.17) is 0 Å². The lowest BCUT2D eigenvalue weighted by Crippen LogP contribution is -2.52. The fourth-order valence-electron chi connectivity index (χ4n) is 3.01. The van der Waals surface area contributed by atoms with Gasteiger partial charge in [0, 0.05) is 6.04 Å². The van der Waals surface area contributed by atoms with Gasteiger partial charge in [0.15, 0.2) is 0 Å². The highest BCUT2D eigenvalue weighted by Crippen LogP contribution is 2.26. The molecule has 4 nitrogen and oxygen atoms in total. The zero-order valence-corrected chi connectivity index (χ0v) is 10.9. The third-order valence-electron chi connectivity index (χ3n) is 3.91. The van der Waals surface area contributed by atoms with Gasteiger partial charge in [-0.2, -0.15) is 0 Å². The lowest BCUT2D eigenvalue weighted by molar-refractivity contribution is -0.133. The van der Waals surface area contributed by atoms with E-state index >= 15 is 0 Å². The minimum atomic E-state index is -0.828. The number of hydrogen-bond acceptors (Lipinski definition) is 3. The molecule has 2 N–H and O–H groups in total. The van der Waals surface area contributed by atoms with E-state index in [1.807, 2.05) is 6.20 Å². The van der Waals surface area contributed by atoms with Gasteiger partial charge in [0.2, 0.25) is 0 Å². The first-order valence-corrected chi connectivity index (χ1v) is 6.86. The summed E-state index contributed by atoms with van der Waals surface area (Å²) in [6, 6.07) is 0.510. The Bertz CT molecular complexity index is 357. The van der Waals surface area contributed by atoms with Crippen molar-refractivity contribution in [3.05, 3.63) is 23.9 Å². The molecule has 1 aliphatic carbocycles. The Morgan fingerprint density at radius 2 is 2.17 bits per heavy atom. The average Bonchev–Trinajstić information content (AvgIpc) is 2.41. The molecular formula is C14H22N2O2. The zero-order chi connectivity index (χ0) is 13.0. The van der Waals surface area contributed by atoms with Crippen molar-refractivity contribution in [3.63, 3.8) is 0 Å². The maximum absolute atomic E-state index is 11.3. The Morgan fingerprint density at radius 3 is 2.78 bits per heavy atom. The molecule has 1 atom stereocenters. The monoisotopic (exact) mass is 250 g/mol. The van der Waals surface area contributed by atoms with Crippen LogP contribution in [-0.4, -0.2) is 34.7 Å². The summed E-state index contributed by atoms with van der Waals surface area (Å²) < 4.78 is 0. The summed E-state index contributed by atoms with van der Waals surface area (Å²) >= 11 is 0. The van der Waals surface area contributed by atoms with Gasteiger partial charge in [-0.15, -0.1) is 0 Å². The number of carboxylic acid groups (broad SMARTS) is 1. The number of rotatable bonds is 4. The van der Waals surface area contributed by atoms with Gasteiger partial charge in [0.05, 0.1) is 5.57 Å². The zero-order valence-electron chi connectivity index (χ0n) is 10.9. The molecule has 1 fully saturated rings. The summed E-state index contributed by atoms with van der Waals surface area (Å²) in [5.74, 6) is -0.828. The van der Waals surface area contributed by atoms with E-state index in [2.05, 4.69) is 17.1 Å². The molecule has 1 saturated carbocycles. The average molecular weight is 250 g/mol. The van der Waals surface area contributed by atoms with Gasteiger partial charge in [-0.3, -0.25) is 4.90 Å². The molecule has 0 saturated heterocycles. The van der Waals surface area contributed by atoms with Crippen LogP contribution in [0.5, 0.6) is 0 Å². The first-order chi connectivity index (χ1) is 8.74. The normalized spacial score (nSPS) is 24.8. The largest absolute Gasteiger partial charge is 0.478 e. The second-order valence-corrected chi connectivity index (χ2v) is 4.98. The van der Waals surface area contributed by atoms with E-state index in [1.54, 1.807) is 12.2 Å². The molecule has 100 valence electrons. The number of carboxylic acids is 1. The molecule has 1 heterocycles. The minimum absolute atomic E-state index is 0.180. The summed E-state index contributed by atoms with van der Waals surface area (Å²) in [5, 5.41) is 12.5. The van der Waals surface area contributed by atoms with Crippen molar-refractivity contribution in [3.8, 4) is 0 Å². The van der Waals surface area contributed by atoms with Crippen molar-refractivity contribution in [2.45, 2.75) is 51.2 Å². The molecule has 4 heteroatoms. The summed E-state index contributed by atoms with van der Waals surface area (Å²) in [6.45, 7) is 2.98. The second kappa shape index (κ2) is 6.05. The number of aliphatic carboxylic acids is 1. The molecule has 2 rings (SSSR count). The lowest BCUT2D eigenvalue weighted by atomic mass is 9.93. The van der Waals surface area contributed by atoms with Crippen LogP contribution in [-0.2, 0) is 4.79 Å². The van der Waals surface area contributed by atoms with E-state index in [0.29, 0.717) is 11.6 Å². The van der Waals surface area contributed by atoms with Crippen molar-refractivity contribution in [1.29, 1.82) is 0 Å². The Balaban J connectivity index is 2.13. The van der Waals surface area contributed by atoms with Crippen LogP contribution in [0, 0.1) is 0 Å². The van der Waals surface area contributed by atoms with Crippen LogP contribution in [0.1, 0.15) is 39.0 Å². The van der Waals surface area contributed by atoms with E-state index in [-0.39, 0.29) is 6.17 Å². The van der Waals surface area contributed by atoms with Crippen LogP contribution in [0.15, 0.2) is 23.9 Å². The van der Waals surface area contributed by atoms with E-state index < -0.39 is 5.97 Å². The molecule has 0 aromatic heterocycles. The van der Waals surface area contributed by atoms with E-state index in [1.165, 1.54) is 32.1 Å². The topological polar surface area (TPSA) is 52.6 Å². The van der Waals surface area contributed by atoms with E-state index in [0.717, 1.165) is 6.54 Å². The number of likely N-dealkylation sites (N-methyl/N-ethyl adjacent to an activating group) is 1. The quantitative estimate of drug-likeness (QED) is 0.802. The van der Waals surface area contributed by atoms with Gasteiger partial charge < -0.3 is 10.4 Å². The summed E-state index contributed by atoms with van der Waals surface area (Å²) in [7, 11) is 0. The van der Waals surface area contributed by atoms with Crippen LogP contribution in [0.4, 0.5) is 0 Å². The SMILES string of the molecule is CCN(C1CCCCC1)C1NC=CC=C1C(=O)O. The van der Waals surface area contributed by atoms with Crippen LogP contribution in [0.3, 0.4) is 0 Å². The molecule has 1 unspecified atom stereocenters. The van der Waals surface area contributed by atoms with Crippen molar-refractivity contribution in [2.24, 2.45) is 0 Å². The van der Waals surface area contributed by atoms with Gasteiger partial charge in [-0.05, 0) is 37.7 Å². The molecular weight excluding hydrogens is 228 g/mol. The number of hydrogen-bond donors (Lipinski definition) is 2. The molecule has 0 spiro atoms. The highest BCUT2D eigenvalue weighted by molar-refractivity contribution is 5.88. The smallest absolute Gasteiger partial charge is 0.335 e. The van der Waals surface area contributed by atoms with Crippen molar-refractivity contribution in [1.82, 2.24) is 10.2 Å². The van der Waals surface area contributed by atoms with Gasteiger partial charge in [0.25, 0.3) is 0 Å². The number of nitrogens with zero attached hydrogens (tertiary/aromatic N) is 1. The predicted octanol–water partition coefficient (Wildman–Crippen LogP) is 2.10. The third kappa shape index (κ3) is 2.75. The number of dihydropyridines is 1. The highest BCUT2D eigenvalue weighted by Gasteiger charge is 2.31. The number of allylic oxidation sites excluding steroid dienone is 2. The van der Waals surface area contributed by atoms with Crippen LogP contribution in [0.2, 0.25) is 0 Å². The predicted molar refractivity (Wildman–Crippen MR) is 71.0 cm³/mol. The maximum atomic E-state index is 11.3. The van der Waals surface area contributed by atoms with Gasteiger partial charge in [-0.1, -0.05) is 26.2 Å². The Morgan fingerprint density at radius 1 is 1.44 bits per heavy atom. The fraction of sp³-hybridized carbons (Fsp3) is 0.643. The van der Waals surface area contributed by atoms with Crippen molar-refractivity contribution < 1.29 is 9.90 Å². The van der Waals surface area contributed by atoms with Crippen molar-refractivity contribution >= 4 is 5.97 Å². The molecule has 2 aliphatic rings. The minimum Gasteiger partial charge on any atom is -0.478 e. The molecule has 0 amide bonds. The van der Waals surface area contributed by atoms with Gasteiger partial charge >= 0.3 is 5.97 Å². The summed E-state index contributed by atoms with van der Waals surface area (Å²) in [6.07, 6.45) is 11.3. The molecule has 0 radical (unpaired) electrons. The third-order valence-corrected chi connectivity index (χ3v) is 3.91. The Hall–Kier alpha value is -1.29. The highest BCUT2D eigenvalue weighted by atomic mass is 16.4.